The molecule has 0 radical (unpaired) electrons. The highest BCUT2D eigenvalue weighted by Gasteiger charge is 2.21. The van der Waals surface area contributed by atoms with Crippen molar-refractivity contribution >= 4 is 23.2 Å². The number of nitrogens with one attached hydrogen (secondary N) is 1. The number of pyridine rings is 1. The van der Waals surface area contributed by atoms with Gasteiger partial charge in [-0.3, -0.25) is 14.6 Å². The van der Waals surface area contributed by atoms with Crippen LogP contribution in [0.4, 0.5) is 5.69 Å². The van der Waals surface area contributed by atoms with E-state index >= 15 is 0 Å². The van der Waals surface area contributed by atoms with Gasteiger partial charge in [0.1, 0.15) is 5.69 Å². The Morgan fingerprint density at radius 3 is 2.83 bits per heavy atom. The molecular formula is C18H18N4O2. The molecule has 2 amide bonds. The topological polar surface area (TPSA) is 74.7 Å². The van der Waals surface area contributed by atoms with Gasteiger partial charge in [-0.15, -0.1) is 0 Å². The predicted octanol–water partition coefficient (Wildman–Crippen LogP) is 2.36. The van der Waals surface area contributed by atoms with Crippen LogP contribution in [-0.4, -0.2) is 29.1 Å². The number of rotatable bonds is 4. The van der Waals surface area contributed by atoms with Gasteiger partial charge in [0.05, 0.1) is 5.71 Å². The zero-order valence-electron chi connectivity index (χ0n) is 13.4. The van der Waals surface area contributed by atoms with Crippen molar-refractivity contribution in [1.82, 2.24) is 10.4 Å². The van der Waals surface area contributed by atoms with Crippen LogP contribution in [0.3, 0.4) is 0 Å². The van der Waals surface area contributed by atoms with Crippen LogP contribution in [0.2, 0.25) is 0 Å². The second kappa shape index (κ2) is 7.04. The van der Waals surface area contributed by atoms with Crippen LogP contribution in [0.25, 0.3) is 0 Å². The van der Waals surface area contributed by atoms with E-state index in [2.05, 4.69) is 15.5 Å². The van der Waals surface area contributed by atoms with E-state index in [-0.39, 0.29) is 11.8 Å². The van der Waals surface area contributed by atoms with Gasteiger partial charge in [0, 0.05) is 24.8 Å². The molecular weight excluding hydrogens is 304 g/mol. The lowest BCUT2D eigenvalue weighted by Gasteiger charge is -2.16. The summed E-state index contributed by atoms with van der Waals surface area (Å²) >= 11 is 0. The molecule has 1 N–H and O–H groups in total. The van der Waals surface area contributed by atoms with Crippen LogP contribution in [0.15, 0.2) is 53.8 Å². The Hall–Kier alpha value is -3.02. The molecule has 1 aliphatic heterocycles. The SMILES string of the molecule is C/C(=N/NC(=O)c1ccccn1)c1cccc(N2CCCC2=O)c1. The van der Waals surface area contributed by atoms with E-state index in [1.165, 1.54) is 0 Å². The van der Waals surface area contributed by atoms with Gasteiger partial charge in [-0.25, -0.2) is 5.43 Å². The number of benzene rings is 1. The molecule has 0 atom stereocenters. The minimum absolute atomic E-state index is 0.144. The molecule has 0 bridgehead atoms. The lowest BCUT2D eigenvalue weighted by molar-refractivity contribution is -0.117. The molecule has 0 unspecified atom stereocenters. The lowest BCUT2D eigenvalue weighted by Crippen LogP contribution is -2.24. The average Bonchev–Trinajstić information content (AvgIpc) is 3.06. The smallest absolute Gasteiger partial charge is 0.289 e. The van der Waals surface area contributed by atoms with E-state index in [9.17, 15) is 9.59 Å². The first-order chi connectivity index (χ1) is 11.6. The number of hydrogen-bond acceptors (Lipinski definition) is 4. The van der Waals surface area contributed by atoms with E-state index in [1.807, 2.05) is 31.2 Å². The molecule has 1 fully saturated rings. The maximum absolute atomic E-state index is 12.0. The fourth-order valence-electron chi connectivity index (χ4n) is 2.57. The van der Waals surface area contributed by atoms with Gasteiger partial charge >= 0.3 is 0 Å². The van der Waals surface area contributed by atoms with Gasteiger partial charge in [-0.2, -0.15) is 5.10 Å². The first-order valence-electron chi connectivity index (χ1n) is 7.81. The third-order valence-corrected chi connectivity index (χ3v) is 3.87. The highest BCUT2D eigenvalue weighted by molar-refractivity contribution is 6.02. The van der Waals surface area contributed by atoms with Crippen LogP contribution >= 0.6 is 0 Å². The van der Waals surface area contributed by atoms with Crippen molar-refractivity contribution in [2.75, 3.05) is 11.4 Å². The summed E-state index contributed by atoms with van der Waals surface area (Å²) in [5.41, 5.74) is 5.19. The molecule has 1 aromatic carbocycles. The molecule has 0 aliphatic carbocycles. The van der Waals surface area contributed by atoms with Gasteiger partial charge in [0.25, 0.3) is 5.91 Å². The Morgan fingerprint density at radius 1 is 1.25 bits per heavy atom. The standard InChI is InChI=1S/C18H18N4O2/c1-13(20-21-18(24)16-8-2-3-10-19-16)14-6-4-7-15(12-14)22-11-5-9-17(22)23/h2-4,6-8,10,12H,5,9,11H2,1H3,(H,21,24)/b20-13-. The summed E-state index contributed by atoms with van der Waals surface area (Å²) in [6, 6.07) is 12.7. The summed E-state index contributed by atoms with van der Waals surface area (Å²) < 4.78 is 0. The van der Waals surface area contributed by atoms with Crippen molar-refractivity contribution in [1.29, 1.82) is 0 Å². The monoisotopic (exact) mass is 322 g/mol. The second-order valence-corrected chi connectivity index (χ2v) is 5.55. The summed E-state index contributed by atoms with van der Waals surface area (Å²) in [4.78, 5) is 29.6. The highest BCUT2D eigenvalue weighted by Crippen LogP contribution is 2.22. The average molecular weight is 322 g/mol. The van der Waals surface area contributed by atoms with Gasteiger partial charge in [0.15, 0.2) is 0 Å². The molecule has 0 saturated carbocycles. The van der Waals surface area contributed by atoms with E-state index in [0.29, 0.717) is 17.8 Å². The molecule has 2 heterocycles. The summed E-state index contributed by atoms with van der Waals surface area (Å²) in [5.74, 6) is -0.217. The van der Waals surface area contributed by atoms with Crippen molar-refractivity contribution in [2.45, 2.75) is 19.8 Å². The maximum Gasteiger partial charge on any atom is 0.289 e. The van der Waals surface area contributed by atoms with Crippen molar-refractivity contribution < 1.29 is 9.59 Å². The maximum atomic E-state index is 12.0. The molecule has 2 aromatic rings. The molecule has 6 nitrogen and oxygen atoms in total. The number of hydrogen-bond donors (Lipinski definition) is 1. The first kappa shape index (κ1) is 15.9. The number of aromatic nitrogens is 1. The summed E-state index contributed by atoms with van der Waals surface area (Å²) in [6.07, 6.45) is 3.04. The van der Waals surface area contributed by atoms with Crippen molar-refractivity contribution in [3.8, 4) is 0 Å². The molecule has 3 rings (SSSR count). The molecule has 1 aliphatic rings. The Bertz CT molecular complexity index is 787. The molecule has 122 valence electrons. The number of anilines is 1. The largest absolute Gasteiger partial charge is 0.312 e. The molecule has 0 spiro atoms. The summed E-state index contributed by atoms with van der Waals surface area (Å²) in [6.45, 7) is 2.55. The van der Waals surface area contributed by atoms with Crippen LogP contribution in [0, 0.1) is 0 Å². The van der Waals surface area contributed by atoms with Gasteiger partial charge in [0.2, 0.25) is 5.91 Å². The highest BCUT2D eigenvalue weighted by atomic mass is 16.2. The zero-order valence-corrected chi connectivity index (χ0v) is 13.4. The normalized spacial score (nSPS) is 14.8. The van der Waals surface area contributed by atoms with Crippen molar-refractivity contribution in [2.24, 2.45) is 5.10 Å². The van der Waals surface area contributed by atoms with Crippen molar-refractivity contribution in [3.05, 3.63) is 59.9 Å². The Kier molecular flexibility index (Phi) is 4.65. The number of hydrazone groups is 1. The van der Waals surface area contributed by atoms with Crippen LogP contribution in [0.1, 0.15) is 35.8 Å². The van der Waals surface area contributed by atoms with Crippen LogP contribution in [-0.2, 0) is 4.79 Å². The predicted molar refractivity (Wildman–Crippen MR) is 91.9 cm³/mol. The minimum Gasteiger partial charge on any atom is -0.312 e. The van der Waals surface area contributed by atoms with Crippen LogP contribution < -0.4 is 10.3 Å². The van der Waals surface area contributed by atoms with Gasteiger partial charge in [-0.1, -0.05) is 18.2 Å². The van der Waals surface area contributed by atoms with Crippen LogP contribution in [0.5, 0.6) is 0 Å². The lowest BCUT2D eigenvalue weighted by atomic mass is 10.1. The van der Waals surface area contributed by atoms with Crippen molar-refractivity contribution in [3.63, 3.8) is 0 Å². The van der Waals surface area contributed by atoms with E-state index in [1.54, 1.807) is 29.3 Å². The number of amides is 2. The summed E-state index contributed by atoms with van der Waals surface area (Å²) in [7, 11) is 0. The minimum atomic E-state index is -0.360. The van der Waals surface area contributed by atoms with E-state index in [4.69, 9.17) is 0 Å². The summed E-state index contributed by atoms with van der Waals surface area (Å²) in [5, 5.41) is 4.13. The zero-order chi connectivity index (χ0) is 16.9. The Morgan fingerprint density at radius 2 is 2.12 bits per heavy atom. The molecule has 1 aromatic heterocycles. The van der Waals surface area contributed by atoms with Gasteiger partial charge < -0.3 is 4.90 Å². The van der Waals surface area contributed by atoms with E-state index < -0.39 is 0 Å². The number of carbonyl (C=O) groups is 2. The first-order valence-corrected chi connectivity index (χ1v) is 7.81. The quantitative estimate of drug-likeness (QED) is 0.693. The molecule has 1 saturated heterocycles. The molecule has 24 heavy (non-hydrogen) atoms. The molecule has 6 heteroatoms. The van der Waals surface area contributed by atoms with E-state index in [0.717, 1.165) is 24.2 Å². The number of nitrogens with zero attached hydrogens (tertiary/aromatic N) is 3. The Labute approximate surface area is 140 Å². The number of carbonyl (C=O) groups excluding carboxylic acids is 2. The third kappa shape index (κ3) is 3.48. The fourth-order valence-corrected chi connectivity index (χ4v) is 2.57. The third-order valence-electron chi connectivity index (χ3n) is 3.87. The Balaban J connectivity index is 1.74. The van der Waals surface area contributed by atoms with Gasteiger partial charge in [-0.05, 0) is 43.2 Å². The second-order valence-electron chi connectivity index (χ2n) is 5.55. The fraction of sp³-hybridized carbons (Fsp3) is 0.222.